The van der Waals surface area contributed by atoms with Gasteiger partial charge in [-0.1, -0.05) is 52.3 Å². The van der Waals surface area contributed by atoms with Crippen LogP contribution in [0.4, 0.5) is 5.69 Å². The summed E-state index contributed by atoms with van der Waals surface area (Å²) in [7, 11) is 0. The standard InChI is InChI=1S/C21H20BrNO2/c1-2-25-21(24)18-8-4-7-17-15-5-3-6-16(15)19(23-20(17)18)13-9-11-14(22)12-10-13/h3-5,7-12,15-16,19,23H,2,6H2,1H3/t15-,16-,19-/m1/s1. The van der Waals surface area contributed by atoms with Crippen LogP contribution in [0.25, 0.3) is 0 Å². The van der Waals surface area contributed by atoms with Crippen LogP contribution in [0.5, 0.6) is 0 Å². The number of ether oxygens (including phenoxy) is 1. The zero-order valence-corrected chi connectivity index (χ0v) is 15.6. The normalized spacial score (nSPS) is 23.5. The van der Waals surface area contributed by atoms with Crippen molar-refractivity contribution in [2.75, 3.05) is 11.9 Å². The number of carbonyl (C=O) groups is 1. The quantitative estimate of drug-likeness (QED) is 0.552. The maximum Gasteiger partial charge on any atom is 0.340 e. The zero-order valence-electron chi connectivity index (χ0n) is 14.0. The van der Waals surface area contributed by atoms with Crippen LogP contribution in [0.2, 0.25) is 0 Å². The number of fused-ring (bicyclic) bond motifs is 3. The number of allylic oxidation sites excluding steroid dienone is 2. The minimum Gasteiger partial charge on any atom is -0.462 e. The van der Waals surface area contributed by atoms with E-state index in [9.17, 15) is 4.79 Å². The van der Waals surface area contributed by atoms with Crippen LogP contribution in [0.3, 0.4) is 0 Å². The molecule has 0 unspecified atom stereocenters. The topological polar surface area (TPSA) is 38.3 Å². The SMILES string of the molecule is CCOC(=O)c1cccc2c1N[C@H](c1ccc(Br)cc1)[C@@H]1CC=C[C@@H]21. The van der Waals surface area contributed by atoms with E-state index < -0.39 is 0 Å². The molecule has 1 aliphatic heterocycles. The molecule has 1 N–H and O–H groups in total. The van der Waals surface area contributed by atoms with Gasteiger partial charge in [-0.3, -0.25) is 0 Å². The first kappa shape index (κ1) is 16.4. The Morgan fingerprint density at radius 2 is 2.04 bits per heavy atom. The van der Waals surface area contributed by atoms with Gasteiger partial charge < -0.3 is 10.1 Å². The molecule has 4 heteroatoms. The van der Waals surface area contributed by atoms with Gasteiger partial charge in [-0.2, -0.15) is 0 Å². The number of anilines is 1. The van der Waals surface area contributed by atoms with Gasteiger partial charge >= 0.3 is 5.97 Å². The largest absolute Gasteiger partial charge is 0.462 e. The molecular formula is C21H20BrNO2. The Balaban J connectivity index is 1.79. The minimum atomic E-state index is -0.262. The Morgan fingerprint density at radius 1 is 1.24 bits per heavy atom. The third-order valence-electron chi connectivity index (χ3n) is 5.12. The Kier molecular flexibility index (Phi) is 4.38. The second kappa shape index (κ2) is 6.68. The summed E-state index contributed by atoms with van der Waals surface area (Å²) in [5, 5.41) is 3.66. The van der Waals surface area contributed by atoms with Crippen LogP contribution in [-0.4, -0.2) is 12.6 Å². The van der Waals surface area contributed by atoms with Gasteiger partial charge in [0.05, 0.1) is 23.9 Å². The average molecular weight is 398 g/mol. The fraction of sp³-hybridized carbons (Fsp3) is 0.286. The predicted octanol–water partition coefficient (Wildman–Crippen LogP) is 5.45. The highest BCUT2D eigenvalue weighted by Gasteiger charge is 2.39. The fourth-order valence-corrected chi connectivity index (χ4v) is 4.26. The fourth-order valence-electron chi connectivity index (χ4n) is 4.00. The molecule has 0 spiro atoms. The number of carbonyl (C=O) groups excluding carboxylic acids is 1. The molecule has 0 radical (unpaired) electrons. The molecule has 2 aromatic carbocycles. The molecule has 0 amide bonds. The summed E-state index contributed by atoms with van der Waals surface area (Å²) in [4.78, 5) is 12.4. The monoisotopic (exact) mass is 397 g/mol. The van der Waals surface area contributed by atoms with E-state index in [0.717, 1.165) is 16.6 Å². The molecule has 1 aliphatic carbocycles. The Bertz CT molecular complexity index is 828. The molecule has 0 fully saturated rings. The number of halogens is 1. The summed E-state index contributed by atoms with van der Waals surface area (Å²) in [6.45, 7) is 2.21. The lowest BCUT2D eigenvalue weighted by atomic mass is 9.76. The highest BCUT2D eigenvalue weighted by Crippen LogP contribution is 2.50. The van der Waals surface area contributed by atoms with Crippen LogP contribution in [0.1, 0.15) is 46.8 Å². The van der Waals surface area contributed by atoms with Crippen molar-refractivity contribution in [3.05, 3.63) is 75.8 Å². The maximum absolute atomic E-state index is 12.4. The lowest BCUT2D eigenvalue weighted by Gasteiger charge is -2.38. The number of esters is 1. The van der Waals surface area contributed by atoms with Gasteiger partial charge in [0.2, 0.25) is 0 Å². The molecule has 0 bridgehead atoms. The second-order valence-corrected chi connectivity index (χ2v) is 7.43. The second-order valence-electron chi connectivity index (χ2n) is 6.52. The van der Waals surface area contributed by atoms with Crippen molar-refractivity contribution in [1.82, 2.24) is 0 Å². The van der Waals surface area contributed by atoms with E-state index in [-0.39, 0.29) is 12.0 Å². The number of hydrogen-bond donors (Lipinski definition) is 1. The van der Waals surface area contributed by atoms with Crippen molar-refractivity contribution >= 4 is 27.6 Å². The molecule has 4 rings (SSSR count). The molecule has 3 atom stereocenters. The highest BCUT2D eigenvalue weighted by atomic mass is 79.9. The molecule has 25 heavy (non-hydrogen) atoms. The first-order chi connectivity index (χ1) is 12.2. The lowest BCUT2D eigenvalue weighted by Crippen LogP contribution is -2.30. The van der Waals surface area contributed by atoms with Gasteiger partial charge in [0.1, 0.15) is 0 Å². The van der Waals surface area contributed by atoms with Crippen molar-refractivity contribution in [2.45, 2.75) is 25.3 Å². The molecule has 0 saturated carbocycles. The Morgan fingerprint density at radius 3 is 2.80 bits per heavy atom. The van der Waals surface area contributed by atoms with Crippen molar-refractivity contribution in [3.8, 4) is 0 Å². The Labute approximate surface area is 156 Å². The third-order valence-corrected chi connectivity index (χ3v) is 5.65. The van der Waals surface area contributed by atoms with Gasteiger partial charge in [0, 0.05) is 10.4 Å². The highest BCUT2D eigenvalue weighted by molar-refractivity contribution is 9.10. The molecule has 0 saturated heterocycles. The number of hydrogen-bond acceptors (Lipinski definition) is 3. The van der Waals surface area contributed by atoms with Crippen LogP contribution in [-0.2, 0) is 4.74 Å². The van der Waals surface area contributed by atoms with Gasteiger partial charge in [-0.05, 0) is 48.6 Å². The molecule has 2 aliphatic rings. The molecule has 128 valence electrons. The molecule has 2 aromatic rings. The van der Waals surface area contributed by atoms with E-state index in [4.69, 9.17) is 4.74 Å². The van der Waals surface area contributed by atoms with Crippen molar-refractivity contribution in [1.29, 1.82) is 0 Å². The number of rotatable bonds is 3. The van der Waals surface area contributed by atoms with Crippen molar-refractivity contribution < 1.29 is 9.53 Å². The maximum atomic E-state index is 12.4. The summed E-state index contributed by atoms with van der Waals surface area (Å²) >= 11 is 3.51. The predicted molar refractivity (Wildman–Crippen MR) is 103 cm³/mol. The first-order valence-electron chi connectivity index (χ1n) is 8.67. The van der Waals surface area contributed by atoms with Crippen LogP contribution < -0.4 is 5.32 Å². The zero-order chi connectivity index (χ0) is 17.4. The molecule has 3 nitrogen and oxygen atoms in total. The van der Waals surface area contributed by atoms with Gasteiger partial charge in [-0.25, -0.2) is 4.79 Å². The molecular weight excluding hydrogens is 378 g/mol. The van der Waals surface area contributed by atoms with E-state index >= 15 is 0 Å². The van der Waals surface area contributed by atoms with E-state index in [2.05, 4.69) is 63.7 Å². The van der Waals surface area contributed by atoms with E-state index in [0.29, 0.717) is 24.0 Å². The number of nitrogens with one attached hydrogen (secondary N) is 1. The smallest absolute Gasteiger partial charge is 0.340 e. The summed E-state index contributed by atoms with van der Waals surface area (Å²) in [5.41, 5.74) is 3.98. The van der Waals surface area contributed by atoms with E-state index in [1.165, 1.54) is 11.1 Å². The Hall–Kier alpha value is -2.07. The van der Waals surface area contributed by atoms with Gasteiger partial charge in [0.15, 0.2) is 0 Å². The van der Waals surface area contributed by atoms with Crippen LogP contribution in [0.15, 0.2) is 59.1 Å². The molecule has 0 aromatic heterocycles. The van der Waals surface area contributed by atoms with Crippen molar-refractivity contribution in [2.24, 2.45) is 5.92 Å². The van der Waals surface area contributed by atoms with Crippen molar-refractivity contribution in [3.63, 3.8) is 0 Å². The lowest BCUT2D eigenvalue weighted by molar-refractivity contribution is 0.0527. The number of para-hydroxylation sites is 1. The summed E-state index contributed by atoms with van der Waals surface area (Å²) in [6.07, 6.45) is 5.58. The minimum absolute atomic E-state index is 0.177. The van der Waals surface area contributed by atoms with Gasteiger partial charge in [0.25, 0.3) is 0 Å². The molecule has 1 heterocycles. The average Bonchev–Trinajstić information content (AvgIpc) is 3.11. The number of benzene rings is 2. The third kappa shape index (κ3) is 2.89. The van der Waals surface area contributed by atoms with Crippen LogP contribution in [0, 0.1) is 5.92 Å². The first-order valence-corrected chi connectivity index (χ1v) is 9.47. The van der Waals surface area contributed by atoms with E-state index in [1.54, 1.807) is 0 Å². The summed E-state index contributed by atoms with van der Waals surface area (Å²) in [5.74, 6) is 0.534. The van der Waals surface area contributed by atoms with Gasteiger partial charge in [-0.15, -0.1) is 0 Å². The van der Waals surface area contributed by atoms with Crippen LogP contribution >= 0.6 is 15.9 Å². The summed E-state index contributed by atoms with van der Waals surface area (Å²) < 4.78 is 6.33. The van der Waals surface area contributed by atoms with E-state index in [1.807, 2.05) is 19.1 Å². The summed E-state index contributed by atoms with van der Waals surface area (Å²) in [6, 6.07) is 14.5.